The van der Waals surface area contributed by atoms with Gasteiger partial charge in [0, 0.05) is 17.5 Å². The van der Waals surface area contributed by atoms with E-state index in [1.165, 1.54) is 12.1 Å². The summed E-state index contributed by atoms with van der Waals surface area (Å²) in [5, 5.41) is 3.50. The molecule has 0 bridgehead atoms. The average molecular weight is 335 g/mol. The molecule has 0 fully saturated rings. The van der Waals surface area contributed by atoms with Gasteiger partial charge in [0.1, 0.15) is 5.82 Å². The summed E-state index contributed by atoms with van der Waals surface area (Å²) in [6.45, 7) is 1.86. The fourth-order valence-corrected chi connectivity index (χ4v) is 2.52. The topological polar surface area (TPSA) is 55.1 Å². The first-order valence-corrected chi connectivity index (χ1v) is 7.89. The highest BCUT2D eigenvalue weighted by Crippen LogP contribution is 2.25. The van der Waals surface area contributed by atoms with E-state index in [1.807, 2.05) is 13.0 Å². The van der Waals surface area contributed by atoms with E-state index in [4.69, 9.17) is 17.3 Å². The lowest BCUT2D eigenvalue weighted by Gasteiger charge is -2.20. The van der Waals surface area contributed by atoms with Crippen molar-refractivity contribution >= 4 is 17.5 Å². The number of carbonyl (C=O) groups is 1. The Balaban J connectivity index is 2.26. The lowest BCUT2D eigenvalue weighted by atomic mass is 9.98. The van der Waals surface area contributed by atoms with Gasteiger partial charge in [0.2, 0.25) is 5.91 Å². The highest BCUT2D eigenvalue weighted by atomic mass is 35.5. The summed E-state index contributed by atoms with van der Waals surface area (Å²) in [4.78, 5) is 12.2. The number of halogens is 2. The number of rotatable bonds is 6. The zero-order valence-corrected chi connectivity index (χ0v) is 13.7. The Kier molecular flexibility index (Phi) is 6.13. The van der Waals surface area contributed by atoms with E-state index < -0.39 is 6.04 Å². The highest BCUT2D eigenvalue weighted by Gasteiger charge is 2.18. The zero-order chi connectivity index (χ0) is 16.8. The van der Waals surface area contributed by atoms with E-state index >= 15 is 0 Å². The van der Waals surface area contributed by atoms with Gasteiger partial charge in [0.25, 0.3) is 0 Å². The summed E-state index contributed by atoms with van der Waals surface area (Å²) in [7, 11) is 0. The molecule has 0 saturated heterocycles. The molecule has 0 radical (unpaired) electrons. The van der Waals surface area contributed by atoms with Crippen LogP contribution in [-0.2, 0) is 4.79 Å². The minimum atomic E-state index is -0.454. The molecule has 2 atom stereocenters. The fraction of sp³-hybridized carbons (Fsp3) is 0.278. The molecular formula is C18H20ClFN2O. The van der Waals surface area contributed by atoms with Crippen molar-refractivity contribution in [3.63, 3.8) is 0 Å². The van der Waals surface area contributed by atoms with Crippen molar-refractivity contribution in [3.8, 4) is 0 Å². The normalized spacial score (nSPS) is 13.4. The first-order chi connectivity index (χ1) is 11.0. The Hall–Kier alpha value is -1.91. The van der Waals surface area contributed by atoms with Gasteiger partial charge in [0.05, 0.1) is 6.04 Å². The van der Waals surface area contributed by atoms with Gasteiger partial charge in [-0.15, -0.1) is 0 Å². The summed E-state index contributed by atoms with van der Waals surface area (Å²) < 4.78 is 13.6. The highest BCUT2D eigenvalue weighted by molar-refractivity contribution is 6.30. The molecule has 0 aromatic heterocycles. The molecular weight excluding hydrogens is 315 g/mol. The zero-order valence-electron chi connectivity index (χ0n) is 12.9. The molecule has 0 saturated carbocycles. The van der Waals surface area contributed by atoms with Crippen LogP contribution in [0.2, 0.25) is 5.02 Å². The van der Waals surface area contributed by atoms with Crippen molar-refractivity contribution in [1.29, 1.82) is 0 Å². The van der Waals surface area contributed by atoms with Crippen LogP contribution in [0.25, 0.3) is 0 Å². The molecule has 2 aromatic rings. The van der Waals surface area contributed by atoms with Crippen molar-refractivity contribution in [1.82, 2.24) is 5.32 Å². The molecule has 1 amide bonds. The molecule has 122 valence electrons. The quantitative estimate of drug-likeness (QED) is 0.844. The number of nitrogens with two attached hydrogens (primary N) is 1. The summed E-state index contributed by atoms with van der Waals surface area (Å²) in [5.74, 6) is -0.476. The third-order valence-corrected chi connectivity index (χ3v) is 3.73. The Bertz CT molecular complexity index is 630. The number of hydrogen-bond donors (Lipinski definition) is 2. The van der Waals surface area contributed by atoms with Crippen molar-refractivity contribution < 1.29 is 9.18 Å². The third kappa shape index (κ3) is 5.34. The molecule has 0 aliphatic carbocycles. The van der Waals surface area contributed by atoms with E-state index in [2.05, 4.69) is 5.32 Å². The maximum Gasteiger partial charge on any atom is 0.220 e. The van der Waals surface area contributed by atoms with Gasteiger partial charge < -0.3 is 11.1 Å². The average Bonchev–Trinajstić information content (AvgIpc) is 2.50. The molecule has 0 heterocycles. The predicted octanol–water partition coefficient (Wildman–Crippen LogP) is 3.81. The second kappa shape index (κ2) is 8.09. The third-order valence-electron chi connectivity index (χ3n) is 3.50. The van der Waals surface area contributed by atoms with Gasteiger partial charge in [-0.1, -0.05) is 35.9 Å². The van der Waals surface area contributed by atoms with Gasteiger partial charge in [0.15, 0.2) is 0 Å². The minimum Gasteiger partial charge on any atom is -0.345 e. The molecule has 5 heteroatoms. The Morgan fingerprint density at radius 3 is 2.48 bits per heavy atom. The van der Waals surface area contributed by atoms with E-state index in [9.17, 15) is 9.18 Å². The van der Waals surface area contributed by atoms with Crippen molar-refractivity contribution in [2.75, 3.05) is 0 Å². The molecule has 2 unspecified atom stereocenters. The largest absolute Gasteiger partial charge is 0.345 e. The van der Waals surface area contributed by atoms with E-state index in [0.29, 0.717) is 23.4 Å². The first kappa shape index (κ1) is 17.4. The number of nitrogens with one attached hydrogen (secondary N) is 1. The van der Waals surface area contributed by atoms with Crippen LogP contribution in [0.4, 0.5) is 4.39 Å². The Morgan fingerprint density at radius 2 is 1.87 bits per heavy atom. The van der Waals surface area contributed by atoms with Crippen LogP contribution in [0.5, 0.6) is 0 Å². The Morgan fingerprint density at radius 1 is 1.22 bits per heavy atom. The molecule has 3 N–H and O–H groups in total. The lowest BCUT2D eigenvalue weighted by Crippen LogP contribution is -2.30. The van der Waals surface area contributed by atoms with Crippen molar-refractivity contribution in [3.05, 3.63) is 70.5 Å². The van der Waals surface area contributed by atoms with Crippen LogP contribution in [0.3, 0.4) is 0 Å². The number of benzene rings is 2. The predicted molar refractivity (Wildman–Crippen MR) is 90.7 cm³/mol. The van der Waals surface area contributed by atoms with Crippen LogP contribution in [-0.4, -0.2) is 11.9 Å². The molecule has 2 aromatic carbocycles. The van der Waals surface area contributed by atoms with Gasteiger partial charge in [-0.05, 0) is 48.7 Å². The van der Waals surface area contributed by atoms with Crippen molar-refractivity contribution in [2.45, 2.75) is 31.8 Å². The van der Waals surface area contributed by atoms with E-state index in [1.54, 1.807) is 30.3 Å². The summed E-state index contributed by atoms with van der Waals surface area (Å²) >= 11 is 6.04. The lowest BCUT2D eigenvalue weighted by molar-refractivity contribution is -0.121. The standard InChI is InChI=1S/C18H20ClFN2O/c1-12(21)8-9-17(23)22-18(13-4-2-6-15(19)10-13)14-5-3-7-16(20)11-14/h2-7,10-12,18H,8-9,21H2,1H3,(H,22,23). The molecule has 3 nitrogen and oxygen atoms in total. The molecule has 0 aliphatic rings. The number of hydrogen-bond acceptors (Lipinski definition) is 2. The SMILES string of the molecule is CC(N)CCC(=O)NC(c1cccc(F)c1)c1cccc(Cl)c1. The van der Waals surface area contributed by atoms with Crippen LogP contribution >= 0.6 is 11.6 Å². The Labute approximate surface area is 140 Å². The van der Waals surface area contributed by atoms with Gasteiger partial charge in [-0.3, -0.25) is 4.79 Å². The molecule has 0 spiro atoms. The monoisotopic (exact) mass is 334 g/mol. The summed E-state index contributed by atoms with van der Waals surface area (Å²) in [6, 6.07) is 12.9. The number of carbonyl (C=O) groups excluding carboxylic acids is 1. The number of amides is 1. The van der Waals surface area contributed by atoms with Crippen LogP contribution < -0.4 is 11.1 Å². The second-order valence-corrected chi connectivity index (χ2v) is 6.06. The molecule has 2 rings (SSSR count). The minimum absolute atomic E-state index is 0.0421. The summed E-state index contributed by atoms with van der Waals surface area (Å²) in [6.07, 6.45) is 0.918. The van der Waals surface area contributed by atoms with Crippen molar-refractivity contribution in [2.24, 2.45) is 5.73 Å². The molecule has 23 heavy (non-hydrogen) atoms. The van der Waals surface area contributed by atoms with E-state index in [0.717, 1.165) is 5.56 Å². The van der Waals surface area contributed by atoms with Crippen LogP contribution in [0.1, 0.15) is 36.9 Å². The summed E-state index contributed by atoms with van der Waals surface area (Å²) in [5.41, 5.74) is 7.16. The second-order valence-electron chi connectivity index (χ2n) is 5.63. The maximum atomic E-state index is 13.6. The molecule has 0 aliphatic heterocycles. The van der Waals surface area contributed by atoms with E-state index in [-0.39, 0.29) is 17.8 Å². The fourth-order valence-electron chi connectivity index (χ4n) is 2.32. The smallest absolute Gasteiger partial charge is 0.220 e. The van der Waals surface area contributed by atoms with Crippen LogP contribution in [0, 0.1) is 5.82 Å². The van der Waals surface area contributed by atoms with Gasteiger partial charge >= 0.3 is 0 Å². The first-order valence-electron chi connectivity index (χ1n) is 7.51. The van der Waals surface area contributed by atoms with Gasteiger partial charge in [-0.2, -0.15) is 0 Å². The van der Waals surface area contributed by atoms with Gasteiger partial charge in [-0.25, -0.2) is 4.39 Å². The maximum absolute atomic E-state index is 13.6. The van der Waals surface area contributed by atoms with Crippen LogP contribution in [0.15, 0.2) is 48.5 Å².